The molecule has 6 nitrogen and oxygen atoms in total. The molecule has 0 radical (unpaired) electrons. The maximum absolute atomic E-state index is 6.35. The highest BCUT2D eigenvalue weighted by Crippen LogP contribution is 2.27. The van der Waals surface area contributed by atoms with Crippen LogP contribution in [-0.4, -0.2) is 37.7 Å². The van der Waals surface area contributed by atoms with Gasteiger partial charge in [-0.1, -0.05) is 48.0 Å². The SMILES string of the molecule is Cc1cc(-c2nc3ccc(CN4CCCC4)cc3[nH]2)nn1Cc1cc(Cl)ccc1OCc1ccccc1. The third-order valence-electron chi connectivity index (χ3n) is 6.95. The number of benzene rings is 3. The first-order valence-corrected chi connectivity index (χ1v) is 13.2. The molecule has 1 saturated heterocycles. The molecule has 2 aromatic heterocycles. The van der Waals surface area contributed by atoms with Crippen molar-refractivity contribution in [1.82, 2.24) is 24.6 Å². The van der Waals surface area contributed by atoms with Crippen molar-refractivity contribution in [3.63, 3.8) is 0 Å². The number of hydrogen-bond acceptors (Lipinski definition) is 4. The molecule has 3 aromatic carbocycles. The minimum atomic E-state index is 0.498. The normalized spacial score (nSPS) is 14.0. The topological polar surface area (TPSA) is 59.0 Å². The van der Waals surface area contributed by atoms with Crippen molar-refractivity contribution in [1.29, 1.82) is 0 Å². The quantitative estimate of drug-likeness (QED) is 0.254. The number of likely N-dealkylation sites (tertiary alicyclic amines) is 1. The zero-order valence-corrected chi connectivity index (χ0v) is 21.7. The molecule has 0 bridgehead atoms. The van der Waals surface area contributed by atoms with Crippen LogP contribution in [0.3, 0.4) is 0 Å². The van der Waals surface area contributed by atoms with Gasteiger partial charge >= 0.3 is 0 Å². The van der Waals surface area contributed by atoms with Gasteiger partial charge in [0.05, 0.1) is 17.6 Å². The van der Waals surface area contributed by atoms with E-state index >= 15 is 0 Å². The van der Waals surface area contributed by atoms with Crippen molar-refractivity contribution < 1.29 is 4.74 Å². The smallest absolute Gasteiger partial charge is 0.159 e. The number of imidazole rings is 1. The summed E-state index contributed by atoms with van der Waals surface area (Å²) in [5.74, 6) is 1.58. The fourth-order valence-corrected chi connectivity index (χ4v) is 5.17. The van der Waals surface area contributed by atoms with Crippen molar-refractivity contribution in [2.45, 2.75) is 39.5 Å². The van der Waals surface area contributed by atoms with Gasteiger partial charge in [-0.2, -0.15) is 5.10 Å². The maximum atomic E-state index is 6.35. The molecule has 188 valence electrons. The lowest BCUT2D eigenvalue weighted by atomic mass is 10.2. The summed E-state index contributed by atoms with van der Waals surface area (Å²) in [6.45, 7) is 6.48. The molecule has 5 aromatic rings. The lowest BCUT2D eigenvalue weighted by molar-refractivity contribution is 0.302. The number of fused-ring (bicyclic) bond motifs is 1. The number of aromatic nitrogens is 4. The highest BCUT2D eigenvalue weighted by atomic mass is 35.5. The first-order chi connectivity index (χ1) is 18.1. The van der Waals surface area contributed by atoms with E-state index in [1.54, 1.807) is 0 Å². The molecule has 37 heavy (non-hydrogen) atoms. The maximum Gasteiger partial charge on any atom is 0.159 e. The van der Waals surface area contributed by atoms with Crippen LogP contribution in [0.4, 0.5) is 0 Å². The van der Waals surface area contributed by atoms with E-state index in [0.717, 1.165) is 51.7 Å². The van der Waals surface area contributed by atoms with Gasteiger partial charge in [0.2, 0.25) is 0 Å². The average molecular weight is 512 g/mol. The molecule has 1 N–H and O–H groups in total. The number of nitrogens with one attached hydrogen (secondary N) is 1. The van der Waals surface area contributed by atoms with Gasteiger partial charge < -0.3 is 9.72 Å². The third-order valence-corrected chi connectivity index (χ3v) is 7.19. The molecule has 7 heteroatoms. The van der Waals surface area contributed by atoms with Crippen LogP contribution in [0.5, 0.6) is 5.75 Å². The summed E-state index contributed by atoms with van der Waals surface area (Å²) < 4.78 is 8.13. The van der Waals surface area contributed by atoms with E-state index in [0.29, 0.717) is 18.2 Å². The van der Waals surface area contributed by atoms with Crippen LogP contribution in [0.15, 0.2) is 72.8 Å². The highest BCUT2D eigenvalue weighted by Gasteiger charge is 2.15. The number of hydrogen-bond donors (Lipinski definition) is 1. The van der Waals surface area contributed by atoms with Crippen molar-refractivity contribution >= 4 is 22.6 Å². The molecule has 1 fully saturated rings. The number of aryl methyl sites for hydroxylation is 1. The van der Waals surface area contributed by atoms with E-state index in [1.807, 2.05) is 41.1 Å². The molecule has 0 amide bonds. The zero-order chi connectivity index (χ0) is 25.2. The molecule has 1 aliphatic heterocycles. The third kappa shape index (κ3) is 5.41. The number of aromatic amines is 1. The van der Waals surface area contributed by atoms with E-state index in [1.165, 1.54) is 31.5 Å². The molecule has 0 aliphatic carbocycles. The lowest BCUT2D eigenvalue weighted by Gasteiger charge is -2.14. The first-order valence-electron chi connectivity index (χ1n) is 12.8. The van der Waals surface area contributed by atoms with E-state index in [2.05, 4.69) is 53.2 Å². The summed E-state index contributed by atoms with van der Waals surface area (Å²) in [5.41, 5.74) is 7.29. The molecule has 3 heterocycles. The summed E-state index contributed by atoms with van der Waals surface area (Å²) in [4.78, 5) is 10.8. The van der Waals surface area contributed by atoms with Crippen LogP contribution in [0.2, 0.25) is 5.02 Å². The van der Waals surface area contributed by atoms with Gasteiger partial charge in [-0.05, 0) is 80.4 Å². The van der Waals surface area contributed by atoms with Gasteiger partial charge in [0.15, 0.2) is 5.82 Å². The Bertz CT molecular complexity index is 1520. The van der Waals surface area contributed by atoms with Crippen LogP contribution in [0.25, 0.3) is 22.6 Å². The van der Waals surface area contributed by atoms with E-state index in [-0.39, 0.29) is 0 Å². The fraction of sp³-hybridized carbons (Fsp3) is 0.267. The fourth-order valence-electron chi connectivity index (χ4n) is 4.97. The van der Waals surface area contributed by atoms with Crippen molar-refractivity contribution in [2.75, 3.05) is 13.1 Å². The molecular formula is C30H30ClN5O. The van der Waals surface area contributed by atoms with Gasteiger partial charge in [-0.25, -0.2) is 4.98 Å². The number of halogens is 1. The van der Waals surface area contributed by atoms with Crippen molar-refractivity contribution in [3.05, 3.63) is 100 Å². The number of ether oxygens (including phenoxy) is 1. The van der Waals surface area contributed by atoms with Gasteiger partial charge in [0, 0.05) is 22.8 Å². The molecule has 1 aliphatic rings. The summed E-state index contributed by atoms with van der Waals surface area (Å²) >= 11 is 6.35. The highest BCUT2D eigenvalue weighted by molar-refractivity contribution is 6.30. The lowest BCUT2D eigenvalue weighted by Crippen LogP contribution is -2.18. The number of H-pyrrole nitrogens is 1. The Hall–Kier alpha value is -3.61. The summed E-state index contributed by atoms with van der Waals surface area (Å²) in [7, 11) is 0. The Balaban J connectivity index is 1.22. The second-order valence-electron chi connectivity index (χ2n) is 9.78. The molecule has 0 spiro atoms. The minimum Gasteiger partial charge on any atom is -0.489 e. The molecule has 0 atom stereocenters. The van der Waals surface area contributed by atoms with E-state index in [9.17, 15) is 0 Å². The summed E-state index contributed by atoms with van der Waals surface area (Å²) in [6, 6.07) is 24.5. The Morgan fingerprint density at radius 1 is 0.919 bits per heavy atom. The van der Waals surface area contributed by atoms with E-state index < -0.39 is 0 Å². The second-order valence-corrected chi connectivity index (χ2v) is 10.2. The summed E-state index contributed by atoms with van der Waals surface area (Å²) in [5, 5.41) is 5.56. The van der Waals surface area contributed by atoms with Crippen LogP contribution in [0, 0.1) is 6.92 Å². The Morgan fingerprint density at radius 3 is 2.59 bits per heavy atom. The Kier molecular flexibility index (Phi) is 6.68. The predicted octanol–water partition coefficient (Wildman–Crippen LogP) is 6.61. The molecule has 6 rings (SSSR count). The van der Waals surface area contributed by atoms with E-state index in [4.69, 9.17) is 26.4 Å². The second kappa shape index (κ2) is 10.4. The van der Waals surface area contributed by atoms with Crippen LogP contribution >= 0.6 is 11.6 Å². The Labute approximate surface area is 221 Å². The minimum absolute atomic E-state index is 0.498. The zero-order valence-electron chi connectivity index (χ0n) is 21.0. The van der Waals surface area contributed by atoms with Crippen LogP contribution in [-0.2, 0) is 19.7 Å². The van der Waals surface area contributed by atoms with Crippen molar-refractivity contribution in [3.8, 4) is 17.3 Å². The van der Waals surface area contributed by atoms with Gasteiger partial charge in [0.25, 0.3) is 0 Å². The molecular weight excluding hydrogens is 482 g/mol. The number of nitrogens with zero attached hydrogens (tertiary/aromatic N) is 4. The molecule has 0 unspecified atom stereocenters. The summed E-state index contributed by atoms with van der Waals surface area (Å²) in [6.07, 6.45) is 2.60. The number of rotatable bonds is 8. The van der Waals surface area contributed by atoms with Crippen molar-refractivity contribution in [2.24, 2.45) is 0 Å². The van der Waals surface area contributed by atoms with Crippen LogP contribution < -0.4 is 4.74 Å². The van der Waals surface area contributed by atoms with Gasteiger partial charge in [0.1, 0.15) is 18.1 Å². The predicted molar refractivity (Wildman–Crippen MR) is 148 cm³/mol. The first kappa shape index (κ1) is 23.8. The molecule has 0 saturated carbocycles. The monoisotopic (exact) mass is 511 g/mol. The van der Waals surface area contributed by atoms with Crippen LogP contribution in [0.1, 0.15) is 35.2 Å². The van der Waals surface area contributed by atoms with Gasteiger partial charge in [-0.15, -0.1) is 0 Å². The Morgan fingerprint density at radius 2 is 1.76 bits per heavy atom. The van der Waals surface area contributed by atoms with Gasteiger partial charge in [-0.3, -0.25) is 9.58 Å². The average Bonchev–Trinajstić information content (AvgIpc) is 3.65. The standard InChI is InChI=1S/C30H30ClN5O/c1-21-15-28(30-32-26-11-9-23(16-27(26)33-30)18-35-13-5-6-14-35)34-36(21)19-24-17-25(31)10-12-29(24)37-20-22-7-3-2-4-8-22/h2-4,7-12,15-17H,5-6,13-14,18-20H2,1H3,(H,32,33). The largest absolute Gasteiger partial charge is 0.489 e.